The molecule has 2 aliphatic rings. The van der Waals surface area contributed by atoms with Crippen molar-refractivity contribution in [1.29, 1.82) is 5.26 Å². The van der Waals surface area contributed by atoms with E-state index in [0.29, 0.717) is 19.3 Å². The third kappa shape index (κ3) is 12.6. The molecule has 1 aromatic carbocycles. The molecular weight excluding hydrogens is 382 g/mol. The van der Waals surface area contributed by atoms with Crippen LogP contribution in [0.15, 0.2) is 18.2 Å². The zero-order valence-corrected chi connectivity index (χ0v) is 20.8. The Morgan fingerprint density at radius 3 is 2.03 bits per heavy atom. The second-order valence-electron chi connectivity index (χ2n) is 9.22. The Bertz CT molecular complexity index is 645. The molecule has 1 saturated carbocycles. The predicted molar refractivity (Wildman–Crippen MR) is 133 cm³/mol. The van der Waals surface area contributed by atoms with Crippen LogP contribution in [0, 0.1) is 31.1 Å². The molecule has 1 aliphatic carbocycles. The molecule has 0 radical (unpaired) electrons. The highest BCUT2D eigenvalue weighted by atomic mass is 16.1. The first-order chi connectivity index (χ1) is 14.8. The molecule has 2 fully saturated rings. The van der Waals surface area contributed by atoms with Crippen LogP contribution >= 0.6 is 0 Å². The van der Waals surface area contributed by atoms with Crippen molar-refractivity contribution in [3.63, 3.8) is 0 Å². The third-order valence-electron chi connectivity index (χ3n) is 6.10. The van der Waals surface area contributed by atoms with E-state index < -0.39 is 0 Å². The summed E-state index contributed by atoms with van der Waals surface area (Å²) in [4.78, 5) is 15.2. The number of rotatable bonds is 5. The van der Waals surface area contributed by atoms with Gasteiger partial charge >= 0.3 is 0 Å². The normalized spacial score (nSPS) is 17.0. The van der Waals surface area contributed by atoms with E-state index in [1.165, 1.54) is 75.5 Å². The second kappa shape index (κ2) is 15.9. The lowest BCUT2D eigenvalue weighted by Gasteiger charge is -2.35. The van der Waals surface area contributed by atoms with Crippen molar-refractivity contribution in [1.82, 2.24) is 4.90 Å². The molecule has 0 bridgehead atoms. The number of hydrogen-bond acceptors (Lipinski definition) is 4. The van der Waals surface area contributed by atoms with Crippen molar-refractivity contribution in [2.75, 3.05) is 37.6 Å². The number of hydrogen-bond donors (Lipinski definition) is 0. The van der Waals surface area contributed by atoms with E-state index >= 15 is 0 Å². The first-order valence-electron chi connectivity index (χ1n) is 12.3. The summed E-state index contributed by atoms with van der Waals surface area (Å²) >= 11 is 0. The van der Waals surface area contributed by atoms with E-state index in [1.54, 1.807) is 0 Å². The van der Waals surface area contributed by atoms with E-state index in [4.69, 9.17) is 5.26 Å². The summed E-state index contributed by atoms with van der Waals surface area (Å²) in [7, 11) is 0. The van der Waals surface area contributed by atoms with Gasteiger partial charge in [0, 0.05) is 44.7 Å². The molecule has 174 valence electrons. The fourth-order valence-electron chi connectivity index (χ4n) is 4.18. The number of carbonyl (C=O) groups excluding carboxylic acids is 1. The van der Waals surface area contributed by atoms with Crippen LogP contribution in [0.5, 0.6) is 0 Å². The molecule has 0 N–H and O–H groups in total. The minimum absolute atomic E-state index is 0.167. The summed E-state index contributed by atoms with van der Waals surface area (Å²) in [6.45, 7) is 16.4. The number of nitrogens with zero attached hydrogens (tertiary/aromatic N) is 3. The number of benzene rings is 1. The van der Waals surface area contributed by atoms with Crippen LogP contribution in [0.1, 0.15) is 83.3 Å². The van der Waals surface area contributed by atoms with Crippen LogP contribution in [-0.2, 0) is 4.79 Å². The highest BCUT2D eigenvalue weighted by Crippen LogP contribution is 2.22. The molecule has 1 aromatic rings. The molecule has 4 nitrogen and oxygen atoms in total. The first kappa shape index (κ1) is 27.2. The Balaban J connectivity index is 0.000000268. The molecule has 0 unspecified atom stereocenters. The number of unbranched alkanes of at least 4 members (excludes halogenated alkanes) is 1. The topological polar surface area (TPSA) is 47.3 Å². The zero-order chi connectivity index (χ0) is 23.1. The van der Waals surface area contributed by atoms with Gasteiger partial charge in [0.1, 0.15) is 5.78 Å². The summed E-state index contributed by atoms with van der Waals surface area (Å²) < 4.78 is 0. The average molecular weight is 428 g/mol. The molecule has 0 aromatic heterocycles. The Labute approximate surface area is 191 Å². The molecule has 4 heteroatoms. The number of anilines is 1. The third-order valence-corrected chi connectivity index (χ3v) is 6.10. The van der Waals surface area contributed by atoms with Crippen LogP contribution in [0.4, 0.5) is 5.69 Å². The van der Waals surface area contributed by atoms with Gasteiger partial charge < -0.3 is 14.6 Å². The van der Waals surface area contributed by atoms with E-state index in [1.807, 2.05) is 6.07 Å². The van der Waals surface area contributed by atoms with Gasteiger partial charge in [-0.3, -0.25) is 0 Å². The molecule has 1 aliphatic heterocycles. The fourth-order valence-corrected chi connectivity index (χ4v) is 4.18. The highest BCUT2D eigenvalue weighted by molar-refractivity contribution is 5.75. The van der Waals surface area contributed by atoms with E-state index in [2.05, 4.69) is 55.7 Å². The van der Waals surface area contributed by atoms with Gasteiger partial charge in [-0.2, -0.15) is 5.26 Å². The zero-order valence-electron chi connectivity index (χ0n) is 20.8. The maximum atomic E-state index is 10.2. The average Bonchev–Trinajstić information content (AvgIpc) is 2.75. The lowest BCUT2D eigenvalue weighted by atomic mass is 9.91. The van der Waals surface area contributed by atoms with Crippen LogP contribution in [0.3, 0.4) is 0 Å². The number of ketones is 1. The maximum absolute atomic E-state index is 10.2. The van der Waals surface area contributed by atoms with Crippen molar-refractivity contribution in [2.24, 2.45) is 5.92 Å². The summed E-state index contributed by atoms with van der Waals surface area (Å²) in [6.07, 6.45) is 9.20. The van der Waals surface area contributed by atoms with E-state index in [0.717, 1.165) is 19.0 Å². The number of piperazine rings is 1. The smallest absolute Gasteiger partial charge is 0.129 e. The largest absolute Gasteiger partial charge is 0.369 e. The number of carbonyl (C=O) groups is 1. The minimum atomic E-state index is 0.167. The van der Waals surface area contributed by atoms with Crippen molar-refractivity contribution in [3.05, 3.63) is 29.3 Å². The first-order valence-corrected chi connectivity index (χ1v) is 12.3. The van der Waals surface area contributed by atoms with Gasteiger partial charge in [0.2, 0.25) is 0 Å². The SMILES string of the molecule is CC(=O)CCCC#N.CC1CCCCC1.CCN1CCN(c2cc(C)cc(C)c2)CC1. The highest BCUT2D eigenvalue weighted by Gasteiger charge is 2.15. The minimum Gasteiger partial charge on any atom is -0.369 e. The van der Waals surface area contributed by atoms with Crippen molar-refractivity contribution in [2.45, 2.75) is 86.0 Å². The van der Waals surface area contributed by atoms with Gasteiger partial charge in [-0.1, -0.05) is 52.0 Å². The summed E-state index contributed by atoms with van der Waals surface area (Å²) in [5.41, 5.74) is 4.13. The van der Waals surface area contributed by atoms with Gasteiger partial charge in [-0.25, -0.2) is 0 Å². The van der Waals surface area contributed by atoms with Gasteiger partial charge in [-0.05, 0) is 62.9 Å². The molecule has 3 rings (SSSR count). The lowest BCUT2D eigenvalue weighted by molar-refractivity contribution is -0.117. The molecule has 1 saturated heterocycles. The second-order valence-corrected chi connectivity index (χ2v) is 9.22. The Hall–Kier alpha value is -1.86. The van der Waals surface area contributed by atoms with Crippen LogP contribution in [-0.4, -0.2) is 43.4 Å². The van der Waals surface area contributed by atoms with Crippen LogP contribution in [0.25, 0.3) is 0 Å². The number of likely N-dealkylation sites (N-methyl/N-ethyl adjacent to an activating group) is 1. The monoisotopic (exact) mass is 427 g/mol. The summed E-state index contributed by atoms with van der Waals surface area (Å²) in [6, 6.07) is 8.81. The Kier molecular flexibility index (Phi) is 13.9. The predicted octanol–water partition coefficient (Wildman–Crippen LogP) is 6.30. The van der Waals surface area contributed by atoms with Gasteiger partial charge in [0.25, 0.3) is 0 Å². The molecule has 0 spiro atoms. The number of Topliss-reactive ketones (excluding diaryl/α,β-unsaturated/α-hetero) is 1. The van der Waals surface area contributed by atoms with Crippen LogP contribution < -0.4 is 4.90 Å². The molecule has 0 amide bonds. The van der Waals surface area contributed by atoms with Gasteiger partial charge in [0.05, 0.1) is 6.07 Å². The fraction of sp³-hybridized carbons (Fsp3) is 0.704. The van der Waals surface area contributed by atoms with Gasteiger partial charge in [-0.15, -0.1) is 0 Å². The number of aryl methyl sites for hydroxylation is 2. The Morgan fingerprint density at radius 1 is 1.03 bits per heavy atom. The Morgan fingerprint density at radius 2 is 1.61 bits per heavy atom. The van der Waals surface area contributed by atoms with Gasteiger partial charge in [0.15, 0.2) is 0 Å². The lowest BCUT2D eigenvalue weighted by Crippen LogP contribution is -2.46. The van der Waals surface area contributed by atoms with E-state index in [9.17, 15) is 4.79 Å². The molecule has 0 atom stereocenters. The quantitative estimate of drug-likeness (QED) is 0.517. The number of nitriles is 1. The van der Waals surface area contributed by atoms with Crippen molar-refractivity contribution >= 4 is 11.5 Å². The maximum Gasteiger partial charge on any atom is 0.129 e. The molecule has 31 heavy (non-hydrogen) atoms. The summed E-state index contributed by atoms with van der Waals surface area (Å²) in [5.74, 6) is 1.20. The van der Waals surface area contributed by atoms with Crippen molar-refractivity contribution < 1.29 is 4.79 Å². The molecular formula is C27H45N3O. The molecule has 1 heterocycles. The van der Waals surface area contributed by atoms with Crippen LogP contribution in [0.2, 0.25) is 0 Å². The van der Waals surface area contributed by atoms with E-state index in [-0.39, 0.29) is 5.78 Å². The standard InChI is InChI=1S/C14H22N2.C7H14.C6H9NO/c1-4-15-5-7-16(8-6-15)14-10-12(2)9-13(3)11-14;1-7-5-3-2-4-6-7;1-6(8)4-2-3-5-7/h9-11H,4-8H2,1-3H3;7H,2-6H2,1H3;2-4H2,1H3. The summed E-state index contributed by atoms with van der Waals surface area (Å²) in [5, 5.41) is 8.02. The van der Waals surface area contributed by atoms with Crippen molar-refractivity contribution in [3.8, 4) is 6.07 Å².